The van der Waals surface area contributed by atoms with Crippen LogP contribution < -0.4 is 0 Å². The molecule has 1 atom stereocenters. The van der Waals surface area contributed by atoms with Crippen LogP contribution in [0, 0.1) is 5.92 Å². The van der Waals surface area contributed by atoms with Crippen molar-refractivity contribution in [1.29, 1.82) is 0 Å². The molecular formula is C12H14O5. The summed E-state index contributed by atoms with van der Waals surface area (Å²) in [6.45, 7) is 0. The summed E-state index contributed by atoms with van der Waals surface area (Å²) in [4.78, 5) is 22.9. The Morgan fingerprint density at radius 2 is 1.53 bits per heavy atom. The highest BCUT2D eigenvalue weighted by Crippen LogP contribution is 2.24. The van der Waals surface area contributed by atoms with Gasteiger partial charge in [0, 0.05) is 0 Å². The molecular weight excluding hydrogens is 224 g/mol. The molecule has 1 N–H and O–H groups in total. The molecule has 1 rings (SSSR count). The van der Waals surface area contributed by atoms with Crippen molar-refractivity contribution in [3.8, 4) is 0 Å². The highest BCUT2D eigenvalue weighted by molar-refractivity contribution is 5.95. The number of benzene rings is 1. The van der Waals surface area contributed by atoms with E-state index < -0.39 is 24.0 Å². The minimum absolute atomic E-state index is 0.452. The van der Waals surface area contributed by atoms with E-state index in [1.54, 1.807) is 30.3 Å². The zero-order valence-electron chi connectivity index (χ0n) is 9.62. The quantitative estimate of drug-likeness (QED) is 0.617. The van der Waals surface area contributed by atoms with Gasteiger partial charge in [0.2, 0.25) is 0 Å². The number of aliphatic hydroxyl groups is 1. The number of methoxy groups -OCH3 is 2. The number of carbonyl (C=O) groups excluding carboxylic acids is 2. The number of carbonyl (C=O) groups is 2. The van der Waals surface area contributed by atoms with E-state index >= 15 is 0 Å². The highest BCUT2D eigenvalue weighted by Gasteiger charge is 2.36. The first-order chi connectivity index (χ1) is 8.11. The van der Waals surface area contributed by atoms with Crippen LogP contribution in [0.25, 0.3) is 0 Å². The second kappa shape index (κ2) is 6.00. The maximum atomic E-state index is 11.4. The minimum Gasteiger partial charge on any atom is -0.468 e. The summed E-state index contributed by atoms with van der Waals surface area (Å²) in [5.74, 6) is -3.02. The molecule has 5 nitrogen and oxygen atoms in total. The Bertz CT molecular complexity index is 371. The van der Waals surface area contributed by atoms with Crippen molar-refractivity contribution >= 4 is 11.9 Å². The summed E-state index contributed by atoms with van der Waals surface area (Å²) in [5.41, 5.74) is 0.452. The summed E-state index contributed by atoms with van der Waals surface area (Å²) < 4.78 is 8.96. The molecule has 0 amide bonds. The van der Waals surface area contributed by atoms with E-state index in [0.29, 0.717) is 5.56 Å². The normalized spacial score (nSPS) is 12.0. The zero-order chi connectivity index (χ0) is 12.8. The molecule has 5 heteroatoms. The van der Waals surface area contributed by atoms with Gasteiger partial charge >= 0.3 is 11.9 Å². The molecule has 0 spiro atoms. The summed E-state index contributed by atoms with van der Waals surface area (Å²) >= 11 is 0. The highest BCUT2D eigenvalue weighted by atomic mass is 16.5. The molecule has 0 aliphatic carbocycles. The van der Waals surface area contributed by atoms with E-state index in [1.165, 1.54) is 0 Å². The van der Waals surface area contributed by atoms with Gasteiger partial charge in [-0.15, -0.1) is 0 Å². The number of hydrogen-bond acceptors (Lipinski definition) is 5. The van der Waals surface area contributed by atoms with E-state index in [0.717, 1.165) is 14.2 Å². The number of rotatable bonds is 4. The Morgan fingerprint density at radius 1 is 1.06 bits per heavy atom. The van der Waals surface area contributed by atoms with Crippen LogP contribution >= 0.6 is 0 Å². The summed E-state index contributed by atoms with van der Waals surface area (Å²) in [6, 6.07) is 8.39. The summed E-state index contributed by atoms with van der Waals surface area (Å²) in [5, 5.41) is 9.98. The largest absolute Gasteiger partial charge is 0.468 e. The summed E-state index contributed by atoms with van der Waals surface area (Å²) in [6.07, 6.45) is -1.28. The van der Waals surface area contributed by atoms with E-state index in [2.05, 4.69) is 9.47 Å². The third kappa shape index (κ3) is 3.04. The van der Waals surface area contributed by atoms with Crippen LogP contribution in [-0.4, -0.2) is 31.3 Å². The lowest BCUT2D eigenvalue weighted by molar-refractivity contribution is -0.164. The fraction of sp³-hybridized carbons (Fsp3) is 0.333. The third-order valence-electron chi connectivity index (χ3n) is 2.37. The van der Waals surface area contributed by atoms with Crippen molar-refractivity contribution in [1.82, 2.24) is 0 Å². The van der Waals surface area contributed by atoms with E-state index in [4.69, 9.17) is 0 Å². The Kier molecular flexibility index (Phi) is 4.66. The van der Waals surface area contributed by atoms with Gasteiger partial charge in [0.1, 0.15) is 6.10 Å². The summed E-state index contributed by atoms with van der Waals surface area (Å²) in [7, 11) is 2.30. The Hall–Kier alpha value is -1.88. The van der Waals surface area contributed by atoms with Crippen LogP contribution in [0.5, 0.6) is 0 Å². The van der Waals surface area contributed by atoms with Gasteiger partial charge in [0.15, 0.2) is 5.92 Å². The SMILES string of the molecule is COC(=O)C(C(=O)OC)[C@H](O)c1ccccc1. The predicted octanol–water partition coefficient (Wildman–Crippen LogP) is 0.682. The molecule has 0 saturated heterocycles. The molecule has 0 saturated carbocycles. The van der Waals surface area contributed by atoms with Gasteiger partial charge in [-0.1, -0.05) is 30.3 Å². The van der Waals surface area contributed by atoms with Gasteiger partial charge in [-0.3, -0.25) is 9.59 Å². The molecule has 0 unspecified atom stereocenters. The lowest BCUT2D eigenvalue weighted by Gasteiger charge is -2.18. The van der Waals surface area contributed by atoms with Crippen LogP contribution in [0.15, 0.2) is 30.3 Å². The second-order valence-corrected chi connectivity index (χ2v) is 3.38. The van der Waals surface area contributed by atoms with Crippen molar-refractivity contribution in [3.05, 3.63) is 35.9 Å². The maximum absolute atomic E-state index is 11.4. The zero-order valence-corrected chi connectivity index (χ0v) is 9.62. The van der Waals surface area contributed by atoms with Crippen molar-refractivity contribution in [2.75, 3.05) is 14.2 Å². The monoisotopic (exact) mass is 238 g/mol. The number of esters is 2. The Balaban J connectivity index is 2.99. The topological polar surface area (TPSA) is 72.8 Å². The van der Waals surface area contributed by atoms with Crippen LogP contribution in [0.2, 0.25) is 0 Å². The fourth-order valence-electron chi connectivity index (χ4n) is 1.45. The van der Waals surface area contributed by atoms with E-state index in [1.807, 2.05) is 0 Å². The molecule has 0 bridgehead atoms. The molecule has 0 fully saturated rings. The fourth-order valence-corrected chi connectivity index (χ4v) is 1.45. The van der Waals surface area contributed by atoms with Crippen molar-refractivity contribution in [2.45, 2.75) is 6.10 Å². The van der Waals surface area contributed by atoms with Gasteiger partial charge in [0.25, 0.3) is 0 Å². The van der Waals surface area contributed by atoms with Gasteiger partial charge in [-0.25, -0.2) is 0 Å². The van der Waals surface area contributed by atoms with Crippen molar-refractivity contribution in [2.24, 2.45) is 5.92 Å². The standard InChI is InChI=1S/C12H14O5/c1-16-11(14)9(12(15)17-2)10(13)8-6-4-3-5-7-8/h3-7,9-10,13H,1-2H3/t10-/m1/s1. The molecule has 1 aromatic carbocycles. The third-order valence-corrected chi connectivity index (χ3v) is 2.37. The first-order valence-electron chi connectivity index (χ1n) is 5.00. The first-order valence-corrected chi connectivity index (χ1v) is 5.00. The first kappa shape index (κ1) is 13.2. The molecule has 0 heterocycles. The van der Waals surface area contributed by atoms with E-state index in [9.17, 15) is 14.7 Å². The smallest absolute Gasteiger partial charge is 0.323 e. The average molecular weight is 238 g/mol. The van der Waals surface area contributed by atoms with Crippen molar-refractivity contribution in [3.63, 3.8) is 0 Å². The van der Waals surface area contributed by atoms with Crippen LogP contribution in [-0.2, 0) is 19.1 Å². The lowest BCUT2D eigenvalue weighted by Crippen LogP contribution is -2.32. The molecule has 92 valence electrons. The Labute approximate surface area is 99.0 Å². The lowest BCUT2D eigenvalue weighted by atomic mass is 9.96. The molecule has 0 radical (unpaired) electrons. The molecule has 0 aromatic heterocycles. The number of hydrogen-bond donors (Lipinski definition) is 1. The van der Waals surface area contributed by atoms with Gasteiger partial charge < -0.3 is 14.6 Å². The average Bonchev–Trinajstić information content (AvgIpc) is 2.39. The van der Waals surface area contributed by atoms with Crippen molar-refractivity contribution < 1.29 is 24.2 Å². The van der Waals surface area contributed by atoms with Crippen LogP contribution in [0.3, 0.4) is 0 Å². The Morgan fingerprint density at radius 3 is 1.94 bits per heavy atom. The van der Waals surface area contributed by atoms with Gasteiger partial charge in [0.05, 0.1) is 14.2 Å². The maximum Gasteiger partial charge on any atom is 0.323 e. The second-order valence-electron chi connectivity index (χ2n) is 3.38. The van der Waals surface area contributed by atoms with Gasteiger partial charge in [-0.2, -0.15) is 0 Å². The minimum atomic E-state index is -1.37. The van der Waals surface area contributed by atoms with Crippen LogP contribution in [0.4, 0.5) is 0 Å². The molecule has 17 heavy (non-hydrogen) atoms. The van der Waals surface area contributed by atoms with Crippen LogP contribution in [0.1, 0.15) is 11.7 Å². The predicted molar refractivity (Wildman–Crippen MR) is 58.9 cm³/mol. The molecule has 0 aliphatic rings. The molecule has 0 aliphatic heterocycles. The molecule has 1 aromatic rings. The van der Waals surface area contributed by atoms with E-state index in [-0.39, 0.29) is 0 Å². The van der Waals surface area contributed by atoms with Gasteiger partial charge in [-0.05, 0) is 5.56 Å². The number of ether oxygens (including phenoxy) is 2. The number of aliphatic hydroxyl groups excluding tert-OH is 1.